The molecule has 1 aliphatic heterocycles. The molecule has 12 heteroatoms. The van der Waals surface area contributed by atoms with Crippen molar-refractivity contribution < 1.29 is 27.9 Å². The Kier molecular flexibility index (Phi) is 7.39. The van der Waals surface area contributed by atoms with Crippen LogP contribution in [-0.4, -0.2) is 59.5 Å². The molecule has 0 unspecified atom stereocenters. The third-order valence-corrected chi connectivity index (χ3v) is 7.73. The molecule has 0 saturated heterocycles. The number of hydrogen-bond donors (Lipinski definition) is 1. The van der Waals surface area contributed by atoms with Gasteiger partial charge in [0, 0.05) is 42.8 Å². The predicted octanol–water partition coefficient (Wildman–Crippen LogP) is 4.48. The number of aromatic nitrogens is 3. The Morgan fingerprint density at radius 2 is 2.07 bits per heavy atom. The number of esters is 1. The molecule has 1 aliphatic carbocycles. The number of nitrogens with one attached hydrogen (secondary N) is 1. The fourth-order valence-electron chi connectivity index (χ4n) is 4.92. The number of carbonyl (C=O) groups is 2. The van der Waals surface area contributed by atoms with Gasteiger partial charge in [-0.1, -0.05) is 29.8 Å². The van der Waals surface area contributed by atoms with E-state index in [1.54, 1.807) is 43.1 Å². The zero-order valence-corrected chi connectivity index (χ0v) is 23.4. The number of anilines is 1. The van der Waals surface area contributed by atoms with E-state index in [0.29, 0.717) is 39.6 Å². The van der Waals surface area contributed by atoms with Gasteiger partial charge in [-0.05, 0) is 32.3 Å². The molecule has 2 aromatic heterocycles. The maximum Gasteiger partial charge on any atom is 0.359 e. The summed E-state index contributed by atoms with van der Waals surface area (Å²) in [4.78, 5) is 32.2. The summed E-state index contributed by atoms with van der Waals surface area (Å²) in [6.45, 7) is 2.29. The first-order chi connectivity index (χ1) is 19.8. The molecule has 0 radical (unpaired) electrons. The zero-order valence-electron chi connectivity index (χ0n) is 22.7. The quantitative estimate of drug-likeness (QED) is 0.288. The van der Waals surface area contributed by atoms with Crippen LogP contribution in [0.1, 0.15) is 53.2 Å². The van der Waals surface area contributed by atoms with Gasteiger partial charge in [-0.3, -0.25) is 4.79 Å². The lowest BCUT2D eigenvalue weighted by molar-refractivity contribution is -0.120. The molecule has 0 bridgehead atoms. The van der Waals surface area contributed by atoms with Crippen LogP contribution in [0.3, 0.4) is 0 Å². The molecule has 2 aromatic carbocycles. The average molecular weight is 582 g/mol. The van der Waals surface area contributed by atoms with E-state index in [4.69, 9.17) is 25.5 Å². The molecule has 2 aliphatic rings. The molecule has 214 valence electrons. The normalized spacial score (nSPS) is 16.9. The monoisotopic (exact) mass is 581 g/mol. The van der Waals surface area contributed by atoms with E-state index >= 15 is 0 Å². The van der Waals surface area contributed by atoms with Crippen LogP contribution < -0.4 is 15.0 Å². The van der Waals surface area contributed by atoms with Gasteiger partial charge < -0.3 is 24.1 Å². The lowest BCUT2D eigenvalue weighted by Crippen LogP contribution is -2.47. The van der Waals surface area contributed by atoms with Crippen molar-refractivity contribution in [2.45, 2.75) is 44.7 Å². The van der Waals surface area contributed by atoms with Crippen molar-refractivity contribution in [3.63, 3.8) is 0 Å². The lowest BCUT2D eigenvalue weighted by Gasteiger charge is -2.20. The number of nitrogens with zero attached hydrogens (tertiary/aromatic N) is 4. The Bertz CT molecular complexity index is 1630. The van der Waals surface area contributed by atoms with Crippen molar-refractivity contribution in [3.05, 3.63) is 70.1 Å². The third kappa shape index (κ3) is 5.39. The minimum atomic E-state index is -0.660. The Labute approximate surface area is 240 Å². The summed E-state index contributed by atoms with van der Waals surface area (Å²) in [7, 11) is 1.69. The number of amides is 1. The zero-order chi connectivity index (χ0) is 28.7. The molecule has 1 amide bonds. The van der Waals surface area contributed by atoms with Gasteiger partial charge in [0.2, 0.25) is 5.91 Å². The van der Waals surface area contributed by atoms with E-state index < -0.39 is 17.8 Å². The Hall–Kier alpha value is -3.96. The molecule has 4 aromatic rings. The number of ether oxygens (including phenoxy) is 2. The van der Waals surface area contributed by atoms with Gasteiger partial charge in [-0.15, -0.1) is 0 Å². The molecular formula is C29H29ClFN5O5. The largest absolute Gasteiger partial charge is 0.489 e. The number of hydrogen-bond acceptors (Lipinski definition) is 8. The van der Waals surface area contributed by atoms with Crippen LogP contribution >= 0.6 is 11.6 Å². The summed E-state index contributed by atoms with van der Waals surface area (Å²) in [6, 6.07) is 9.23. The molecule has 6 rings (SSSR count). The standard InChI is InChI=1S/C29H29ClFN5O5/c1-3-39-29(38)25-18(26(30)36(34-25)14-17-6-4-5-7-19(17)31)10-11-32-21-15-40-24-12-20-23(13-22(24)35(2)28(21)37)41-27(33-20)16-8-9-16/h4-7,12-13,16,21,32H,3,8-11,14-15H2,1-2H3/t21-/m0/s1. The molecule has 41 heavy (non-hydrogen) atoms. The van der Waals surface area contributed by atoms with E-state index in [-0.39, 0.29) is 49.5 Å². The van der Waals surface area contributed by atoms with Gasteiger partial charge in [-0.25, -0.2) is 18.9 Å². The van der Waals surface area contributed by atoms with Crippen molar-refractivity contribution in [1.29, 1.82) is 0 Å². The first kappa shape index (κ1) is 27.2. The minimum absolute atomic E-state index is 0.0449. The van der Waals surface area contributed by atoms with Gasteiger partial charge in [0.15, 0.2) is 17.2 Å². The second-order valence-corrected chi connectivity index (χ2v) is 10.5. The topological polar surface area (TPSA) is 112 Å². The molecule has 1 fully saturated rings. The highest BCUT2D eigenvalue weighted by Crippen LogP contribution is 2.42. The van der Waals surface area contributed by atoms with E-state index in [2.05, 4.69) is 15.4 Å². The van der Waals surface area contributed by atoms with Crippen LogP contribution in [0.15, 0.2) is 40.8 Å². The van der Waals surface area contributed by atoms with E-state index in [9.17, 15) is 14.0 Å². The van der Waals surface area contributed by atoms with Crippen molar-refractivity contribution in [2.75, 3.05) is 31.7 Å². The molecular weight excluding hydrogens is 553 g/mol. The minimum Gasteiger partial charge on any atom is -0.489 e. The molecule has 1 N–H and O–H groups in total. The first-order valence-electron chi connectivity index (χ1n) is 13.6. The lowest BCUT2D eigenvalue weighted by atomic mass is 10.1. The van der Waals surface area contributed by atoms with Crippen LogP contribution in [0.2, 0.25) is 5.15 Å². The SMILES string of the molecule is CCOC(=O)c1nn(Cc2ccccc2F)c(Cl)c1CCN[C@H]1COc2cc3nc(C4CC4)oc3cc2N(C)C1=O. The molecule has 0 spiro atoms. The number of likely N-dealkylation sites (N-methyl/N-ethyl adjacent to an activating group) is 1. The van der Waals surface area contributed by atoms with E-state index in [1.165, 1.54) is 10.7 Å². The number of fused-ring (bicyclic) bond motifs is 2. The highest BCUT2D eigenvalue weighted by molar-refractivity contribution is 6.30. The fourth-order valence-corrected chi connectivity index (χ4v) is 5.20. The Morgan fingerprint density at radius 3 is 2.83 bits per heavy atom. The fraction of sp³-hybridized carbons (Fsp3) is 0.379. The highest BCUT2D eigenvalue weighted by atomic mass is 35.5. The first-order valence-corrected chi connectivity index (χ1v) is 14.0. The van der Waals surface area contributed by atoms with Crippen LogP contribution in [0, 0.1) is 5.82 Å². The van der Waals surface area contributed by atoms with Gasteiger partial charge in [0.1, 0.15) is 34.9 Å². The predicted molar refractivity (Wildman–Crippen MR) is 149 cm³/mol. The maximum atomic E-state index is 14.3. The van der Waals surface area contributed by atoms with E-state index in [0.717, 1.165) is 18.7 Å². The summed E-state index contributed by atoms with van der Waals surface area (Å²) in [5.41, 5.74) is 2.81. The Morgan fingerprint density at radius 1 is 1.27 bits per heavy atom. The van der Waals surface area contributed by atoms with Gasteiger partial charge in [-0.2, -0.15) is 5.10 Å². The summed E-state index contributed by atoms with van der Waals surface area (Å²) in [5, 5.41) is 7.77. The molecule has 10 nitrogen and oxygen atoms in total. The number of halogens is 2. The third-order valence-electron chi connectivity index (χ3n) is 7.30. The maximum absolute atomic E-state index is 14.3. The summed E-state index contributed by atoms with van der Waals surface area (Å²) < 4.78 is 32.8. The van der Waals surface area contributed by atoms with Crippen LogP contribution in [-0.2, 0) is 22.5 Å². The van der Waals surface area contributed by atoms with Gasteiger partial charge in [0.05, 0.1) is 18.8 Å². The van der Waals surface area contributed by atoms with Gasteiger partial charge >= 0.3 is 5.97 Å². The van der Waals surface area contributed by atoms with Crippen LogP contribution in [0.4, 0.5) is 10.1 Å². The molecule has 1 saturated carbocycles. The summed E-state index contributed by atoms with van der Waals surface area (Å²) in [6.07, 6.45) is 2.42. The number of rotatable bonds is 9. The second kappa shape index (κ2) is 11.1. The molecule has 3 heterocycles. The second-order valence-electron chi connectivity index (χ2n) is 10.2. The summed E-state index contributed by atoms with van der Waals surface area (Å²) in [5.74, 6) is 0.451. The van der Waals surface area contributed by atoms with Crippen molar-refractivity contribution in [1.82, 2.24) is 20.1 Å². The highest BCUT2D eigenvalue weighted by Gasteiger charge is 2.32. The van der Waals surface area contributed by atoms with Crippen molar-refractivity contribution in [2.24, 2.45) is 0 Å². The van der Waals surface area contributed by atoms with Crippen LogP contribution in [0.5, 0.6) is 5.75 Å². The molecule has 1 atom stereocenters. The van der Waals surface area contributed by atoms with Crippen molar-refractivity contribution in [3.8, 4) is 5.75 Å². The average Bonchev–Trinajstić information content (AvgIpc) is 3.68. The van der Waals surface area contributed by atoms with E-state index in [1.807, 2.05) is 6.07 Å². The van der Waals surface area contributed by atoms with Crippen LogP contribution in [0.25, 0.3) is 11.1 Å². The summed E-state index contributed by atoms with van der Waals surface area (Å²) >= 11 is 6.64. The number of oxazole rings is 1. The number of carbonyl (C=O) groups excluding carboxylic acids is 2. The van der Waals surface area contributed by atoms with Gasteiger partial charge in [0.25, 0.3) is 0 Å². The smallest absolute Gasteiger partial charge is 0.359 e. The Balaban J connectivity index is 1.17. The number of benzene rings is 2. The van der Waals surface area contributed by atoms with Crippen molar-refractivity contribution >= 4 is 40.3 Å².